The second kappa shape index (κ2) is 5.32. The number of aryl methyl sites for hydroxylation is 1. The molecule has 2 aromatic rings. The van der Waals surface area contributed by atoms with Gasteiger partial charge in [-0.05, 0) is 12.1 Å². The van der Waals surface area contributed by atoms with Gasteiger partial charge in [0.05, 0.1) is 19.7 Å². The summed E-state index contributed by atoms with van der Waals surface area (Å²) in [7, 11) is 4.92. The number of nitrogens with zero attached hydrogens (tertiary/aromatic N) is 1. The van der Waals surface area contributed by atoms with Crippen LogP contribution in [0.5, 0.6) is 5.75 Å². The molecule has 0 radical (unpaired) electrons. The van der Waals surface area contributed by atoms with Crippen LogP contribution in [0.3, 0.4) is 0 Å². The van der Waals surface area contributed by atoms with Crippen molar-refractivity contribution in [2.75, 3.05) is 14.2 Å². The van der Waals surface area contributed by atoms with E-state index >= 15 is 0 Å². The maximum atomic E-state index is 11.4. The topological polar surface area (TPSA) is 66.5 Å². The highest BCUT2D eigenvalue weighted by atomic mass is 16.5. The second-order valence-corrected chi connectivity index (χ2v) is 4.43. The first-order valence-corrected chi connectivity index (χ1v) is 6.03. The third kappa shape index (κ3) is 2.42. The van der Waals surface area contributed by atoms with E-state index in [-0.39, 0.29) is 0 Å². The maximum absolute atomic E-state index is 11.4. The van der Waals surface area contributed by atoms with Gasteiger partial charge in [0.2, 0.25) is 0 Å². The quantitative estimate of drug-likeness (QED) is 0.842. The molecule has 0 saturated heterocycles. The first-order valence-electron chi connectivity index (χ1n) is 6.03. The molecule has 19 heavy (non-hydrogen) atoms. The van der Waals surface area contributed by atoms with Crippen molar-refractivity contribution in [3.8, 4) is 5.75 Å². The van der Waals surface area contributed by atoms with E-state index in [2.05, 4.69) is 4.74 Å². The molecule has 0 aliphatic heterocycles. The number of carbonyl (C=O) groups is 1. The molecule has 0 amide bonds. The van der Waals surface area contributed by atoms with Crippen LogP contribution in [0.4, 0.5) is 0 Å². The van der Waals surface area contributed by atoms with E-state index in [1.165, 1.54) is 7.11 Å². The van der Waals surface area contributed by atoms with E-state index < -0.39 is 12.0 Å². The average molecular weight is 262 g/mol. The Morgan fingerprint density at radius 2 is 2.16 bits per heavy atom. The van der Waals surface area contributed by atoms with Gasteiger partial charge >= 0.3 is 5.97 Å². The van der Waals surface area contributed by atoms with Gasteiger partial charge in [0, 0.05) is 24.5 Å². The molecule has 5 nitrogen and oxygen atoms in total. The van der Waals surface area contributed by atoms with Crippen molar-refractivity contribution in [3.63, 3.8) is 0 Å². The second-order valence-electron chi connectivity index (χ2n) is 4.43. The number of methoxy groups -OCH3 is 2. The highest BCUT2D eigenvalue weighted by Gasteiger charge is 2.18. The minimum atomic E-state index is -0.654. The molecular weight excluding hydrogens is 244 g/mol. The van der Waals surface area contributed by atoms with Gasteiger partial charge in [-0.2, -0.15) is 0 Å². The van der Waals surface area contributed by atoms with Gasteiger partial charge in [-0.3, -0.25) is 4.79 Å². The molecular formula is C14H18N2O3. The van der Waals surface area contributed by atoms with Gasteiger partial charge in [-0.25, -0.2) is 0 Å². The number of esters is 1. The molecule has 1 heterocycles. The van der Waals surface area contributed by atoms with Gasteiger partial charge in [0.1, 0.15) is 11.8 Å². The Labute approximate surface area is 111 Å². The molecule has 102 valence electrons. The van der Waals surface area contributed by atoms with E-state index in [0.717, 1.165) is 22.3 Å². The minimum absolute atomic E-state index is 0.405. The summed E-state index contributed by atoms with van der Waals surface area (Å²) in [6.07, 6.45) is 0.432. The normalized spacial score (nSPS) is 12.4. The molecule has 0 saturated carbocycles. The van der Waals surface area contributed by atoms with Crippen LogP contribution in [0.2, 0.25) is 0 Å². The molecule has 1 unspecified atom stereocenters. The number of hydrogen-bond donors (Lipinski definition) is 1. The van der Waals surface area contributed by atoms with Crippen LogP contribution in [0.1, 0.15) is 5.69 Å². The number of rotatable bonds is 4. The Hall–Kier alpha value is -2.01. The summed E-state index contributed by atoms with van der Waals surface area (Å²) in [5.74, 6) is 0.398. The van der Waals surface area contributed by atoms with Crippen LogP contribution in [0.15, 0.2) is 24.3 Å². The molecule has 0 aliphatic carbocycles. The fourth-order valence-electron chi connectivity index (χ4n) is 2.26. The largest absolute Gasteiger partial charge is 0.495 e. The summed E-state index contributed by atoms with van der Waals surface area (Å²) in [4.78, 5) is 11.4. The minimum Gasteiger partial charge on any atom is -0.495 e. The van der Waals surface area contributed by atoms with Gasteiger partial charge in [0.25, 0.3) is 0 Å². The SMILES string of the molecule is COC(=O)C(N)Cc1cc2cccc(OC)c2n1C. The third-order valence-corrected chi connectivity index (χ3v) is 3.27. The smallest absolute Gasteiger partial charge is 0.323 e. The zero-order chi connectivity index (χ0) is 14.0. The first-order chi connectivity index (χ1) is 9.08. The summed E-state index contributed by atoms with van der Waals surface area (Å²) in [6.45, 7) is 0. The Kier molecular flexibility index (Phi) is 3.76. The van der Waals surface area contributed by atoms with E-state index in [1.807, 2.05) is 35.9 Å². The standard InChI is InChI=1S/C14H18N2O3/c1-16-10(8-11(15)14(17)19-3)7-9-5-4-6-12(18-2)13(9)16/h4-7,11H,8,15H2,1-3H3. The lowest BCUT2D eigenvalue weighted by atomic mass is 10.1. The highest BCUT2D eigenvalue weighted by molar-refractivity contribution is 5.87. The summed E-state index contributed by atoms with van der Waals surface area (Å²) in [5, 5.41) is 1.06. The van der Waals surface area contributed by atoms with Gasteiger partial charge < -0.3 is 19.8 Å². The molecule has 0 fully saturated rings. The van der Waals surface area contributed by atoms with Crippen molar-refractivity contribution in [3.05, 3.63) is 30.0 Å². The molecule has 5 heteroatoms. The van der Waals surface area contributed by atoms with E-state index in [1.54, 1.807) is 7.11 Å². The zero-order valence-electron chi connectivity index (χ0n) is 11.3. The van der Waals surface area contributed by atoms with Crippen LogP contribution in [0.25, 0.3) is 10.9 Å². The van der Waals surface area contributed by atoms with Crippen LogP contribution < -0.4 is 10.5 Å². The monoisotopic (exact) mass is 262 g/mol. The Morgan fingerprint density at radius 1 is 1.42 bits per heavy atom. The Morgan fingerprint density at radius 3 is 2.79 bits per heavy atom. The number of ether oxygens (including phenoxy) is 2. The van der Waals surface area contributed by atoms with Gasteiger partial charge in [-0.1, -0.05) is 12.1 Å². The molecule has 0 aliphatic rings. The molecule has 0 bridgehead atoms. The fourth-order valence-corrected chi connectivity index (χ4v) is 2.26. The number of fused-ring (bicyclic) bond motifs is 1. The van der Waals surface area contributed by atoms with Gasteiger partial charge in [-0.15, -0.1) is 0 Å². The number of aromatic nitrogens is 1. The predicted molar refractivity (Wildman–Crippen MR) is 73.2 cm³/mol. The lowest BCUT2D eigenvalue weighted by Crippen LogP contribution is -2.34. The number of benzene rings is 1. The molecule has 0 spiro atoms. The zero-order valence-corrected chi connectivity index (χ0v) is 11.3. The van der Waals surface area contributed by atoms with Crippen LogP contribution in [-0.4, -0.2) is 30.8 Å². The molecule has 1 aromatic heterocycles. The highest BCUT2D eigenvalue weighted by Crippen LogP contribution is 2.28. The lowest BCUT2D eigenvalue weighted by molar-refractivity contribution is -0.142. The van der Waals surface area contributed by atoms with Crippen LogP contribution in [0, 0.1) is 0 Å². The third-order valence-electron chi connectivity index (χ3n) is 3.27. The molecule has 1 aromatic carbocycles. The molecule has 2 rings (SSSR count). The molecule has 2 N–H and O–H groups in total. The predicted octanol–water partition coefficient (Wildman–Crippen LogP) is 1.23. The van der Waals surface area contributed by atoms with Crippen molar-refractivity contribution in [1.29, 1.82) is 0 Å². The van der Waals surface area contributed by atoms with Gasteiger partial charge in [0.15, 0.2) is 0 Å². The molecule has 1 atom stereocenters. The summed E-state index contributed by atoms with van der Waals surface area (Å²) >= 11 is 0. The lowest BCUT2D eigenvalue weighted by Gasteiger charge is -2.11. The van der Waals surface area contributed by atoms with Crippen LogP contribution >= 0.6 is 0 Å². The van der Waals surface area contributed by atoms with E-state index in [0.29, 0.717) is 6.42 Å². The fraction of sp³-hybridized carbons (Fsp3) is 0.357. The number of para-hydroxylation sites is 1. The maximum Gasteiger partial charge on any atom is 0.323 e. The van der Waals surface area contributed by atoms with Crippen molar-refractivity contribution >= 4 is 16.9 Å². The van der Waals surface area contributed by atoms with Crippen molar-refractivity contribution in [2.45, 2.75) is 12.5 Å². The summed E-state index contributed by atoms with van der Waals surface area (Å²) in [6, 6.07) is 7.21. The summed E-state index contributed by atoms with van der Waals surface area (Å²) in [5.41, 5.74) is 7.77. The average Bonchev–Trinajstić information content (AvgIpc) is 2.74. The van der Waals surface area contributed by atoms with Crippen molar-refractivity contribution < 1.29 is 14.3 Å². The first kappa shape index (κ1) is 13.4. The Balaban J connectivity index is 2.40. The van der Waals surface area contributed by atoms with Crippen LogP contribution in [-0.2, 0) is 23.0 Å². The van der Waals surface area contributed by atoms with Crippen molar-refractivity contribution in [1.82, 2.24) is 4.57 Å². The Bertz CT molecular complexity index is 604. The summed E-state index contributed by atoms with van der Waals surface area (Å²) < 4.78 is 12.0. The number of carbonyl (C=O) groups excluding carboxylic acids is 1. The van der Waals surface area contributed by atoms with E-state index in [9.17, 15) is 4.79 Å². The van der Waals surface area contributed by atoms with E-state index in [4.69, 9.17) is 10.5 Å². The number of nitrogens with two attached hydrogens (primary N) is 1. The number of hydrogen-bond acceptors (Lipinski definition) is 4. The van der Waals surface area contributed by atoms with Crippen molar-refractivity contribution in [2.24, 2.45) is 12.8 Å².